The summed E-state index contributed by atoms with van der Waals surface area (Å²) in [5.41, 5.74) is 0.925. The highest BCUT2D eigenvalue weighted by atomic mass is 32.2. The number of piperidine rings is 1. The van der Waals surface area contributed by atoms with Crippen molar-refractivity contribution in [2.75, 3.05) is 19.9 Å². The summed E-state index contributed by atoms with van der Waals surface area (Å²) in [7, 11) is 0. The van der Waals surface area contributed by atoms with Gasteiger partial charge in [0.2, 0.25) is 6.79 Å². The van der Waals surface area contributed by atoms with Crippen LogP contribution in [0.5, 0.6) is 11.5 Å². The highest BCUT2D eigenvalue weighted by Crippen LogP contribution is 2.36. The van der Waals surface area contributed by atoms with E-state index in [4.69, 9.17) is 9.47 Å². The number of ether oxygens (including phenoxy) is 2. The predicted molar refractivity (Wildman–Crippen MR) is 90.5 cm³/mol. The van der Waals surface area contributed by atoms with Crippen molar-refractivity contribution in [3.05, 3.63) is 28.7 Å². The molecule has 0 spiro atoms. The van der Waals surface area contributed by atoms with Crippen molar-refractivity contribution in [2.24, 2.45) is 10.9 Å². The molecule has 1 saturated heterocycles. The summed E-state index contributed by atoms with van der Waals surface area (Å²) < 4.78 is 10.7. The predicted octanol–water partition coefficient (Wildman–Crippen LogP) is 3.12. The molecule has 0 atom stereocenters. The number of likely N-dealkylation sites (tertiary alicyclic amines) is 1. The van der Waals surface area contributed by atoms with Crippen molar-refractivity contribution in [3.8, 4) is 11.5 Å². The number of fused-ring (bicyclic) bond motifs is 1. The molecule has 120 valence electrons. The Morgan fingerprint density at radius 2 is 2.04 bits per heavy atom. The zero-order valence-electron chi connectivity index (χ0n) is 12.9. The molecule has 4 rings (SSSR count). The smallest absolute Gasteiger partial charge is 0.286 e. The molecule has 0 N–H and O–H groups in total. The van der Waals surface area contributed by atoms with E-state index in [0.717, 1.165) is 54.1 Å². The number of amidine groups is 1. The number of hydrogen-bond donors (Lipinski definition) is 0. The van der Waals surface area contributed by atoms with Crippen molar-refractivity contribution in [1.29, 1.82) is 0 Å². The van der Waals surface area contributed by atoms with E-state index in [-0.39, 0.29) is 12.7 Å². The summed E-state index contributed by atoms with van der Waals surface area (Å²) >= 11 is 1.47. The molecule has 3 aliphatic heterocycles. The number of amides is 1. The number of thioether (sulfide) groups is 1. The first-order chi connectivity index (χ1) is 11.2. The fourth-order valence-corrected chi connectivity index (χ4v) is 3.85. The van der Waals surface area contributed by atoms with E-state index in [9.17, 15) is 4.79 Å². The Balaban J connectivity index is 1.49. The molecule has 6 heteroatoms. The molecule has 0 unspecified atom stereocenters. The van der Waals surface area contributed by atoms with Crippen LogP contribution in [0.1, 0.15) is 25.3 Å². The summed E-state index contributed by atoms with van der Waals surface area (Å²) in [4.78, 5) is 19.3. The topological polar surface area (TPSA) is 51.1 Å². The number of carbonyl (C=O) groups excluding carboxylic acids is 1. The van der Waals surface area contributed by atoms with E-state index in [0.29, 0.717) is 4.91 Å². The lowest BCUT2D eigenvalue weighted by molar-refractivity contribution is -0.113. The van der Waals surface area contributed by atoms with Gasteiger partial charge in [-0.05, 0) is 54.3 Å². The highest BCUT2D eigenvalue weighted by molar-refractivity contribution is 8.18. The van der Waals surface area contributed by atoms with Gasteiger partial charge in [-0.1, -0.05) is 13.0 Å². The molecule has 1 amide bonds. The Morgan fingerprint density at radius 3 is 2.87 bits per heavy atom. The average molecular weight is 330 g/mol. The number of rotatable bonds is 1. The van der Waals surface area contributed by atoms with Gasteiger partial charge in [0, 0.05) is 13.1 Å². The lowest BCUT2D eigenvalue weighted by atomic mass is 10.00. The van der Waals surface area contributed by atoms with E-state index in [2.05, 4.69) is 16.8 Å². The fraction of sp³-hybridized carbons (Fsp3) is 0.412. The molecule has 5 nitrogen and oxygen atoms in total. The monoisotopic (exact) mass is 330 g/mol. The molecule has 3 aliphatic rings. The molecular weight excluding hydrogens is 312 g/mol. The maximum absolute atomic E-state index is 12.2. The number of nitrogens with zero attached hydrogens (tertiary/aromatic N) is 2. The third kappa shape index (κ3) is 2.95. The summed E-state index contributed by atoms with van der Waals surface area (Å²) in [6.45, 7) is 4.50. The van der Waals surface area contributed by atoms with Gasteiger partial charge in [-0.15, -0.1) is 0 Å². The summed E-state index contributed by atoms with van der Waals surface area (Å²) in [6.07, 6.45) is 4.20. The number of benzene rings is 1. The lowest BCUT2D eigenvalue weighted by Gasteiger charge is -2.30. The Hall–Kier alpha value is -1.95. The standard InChI is InChI=1S/C17H18N2O3S/c1-11-4-6-19(7-5-11)17-18-16(20)15(23-17)9-12-2-3-13-14(8-12)22-10-21-13/h2-3,8-9,11H,4-7,10H2,1H3. The summed E-state index contributed by atoms with van der Waals surface area (Å²) in [5, 5.41) is 0.842. The molecule has 1 fully saturated rings. The van der Waals surface area contributed by atoms with Gasteiger partial charge in [0.1, 0.15) is 0 Å². The first-order valence-electron chi connectivity index (χ1n) is 7.86. The van der Waals surface area contributed by atoms with E-state index in [1.54, 1.807) is 0 Å². The third-order valence-electron chi connectivity index (χ3n) is 4.36. The van der Waals surface area contributed by atoms with E-state index < -0.39 is 0 Å². The Kier molecular flexibility index (Phi) is 3.77. The molecule has 1 aromatic rings. The first kappa shape index (κ1) is 14.6. The molecule has 0 bridgehead atoms. The normalized spacial score (nSPS) is 22.8. The van der Waals surface area contributed by atoms with Gasteiger partial charge in [-0.2, -0.15) is 4.99 Å². The van der Waals surface area contributed by atoms with Crippen LogP contribution in [0.25, 0.3) is 6.08 Å². The van der Waals surface area contributed by atoms with Crippen LogP contribution in [0.4, 0.5) is 0 Å². The van der Waals surface area contributed by atoms with Gasteiger partial charge in [0.05, 0.1) is 4.91 Å². The van der Waals surface area contributed by atoms with Crippen molar-refractivity contribution in [3.63, 3.8) is 0 Å². The number of carbonyl (C=O) groups is 1. The van der Waals surface area contributed by atoms with Gasteiger partial charge in [-0.25, -0.2) is 0 Å². The molecule has 0 aromatic heterocycles. The van der Waals surface area contributed by atoms with Crippen LogP contribution in [0, 0.1) is 5.92 Å². The van der Waals surface area contributed by atoms with E-state index in [1.807, 2.05) is 24.3 Å². The molecule has 0 radical (unpaired) electrons. The van der Waals surface area contributed by atoms with Crippen molar-refractivity contribution >= 4 is 28.9 Å². The van der Waals surface area contributed by atoms with Crippen LogP contribution in [0.2, 0.25) is 0 Å². The molecule has 0 aliphatic carbocycles. The van der Waals surface area contributed by atoms with Crippen LogP contribution in [0.3, 0.4) is 0 Å². The van der Waals surface area contributed by atoms with Crippen molar-refractivity contribution in [2.45, 2.75) is 19.8 Å². The number of hydrogen-bond acceptors (Lipinski definition) is 5. The van der Waals surface area contributed by atoms with Crippen LogP contribution < -0.4 is 9.47 Å². The quantitative estimate of drug-likeness (QED) is 0.741. The summed E-state index contributed by atoms with van der Waals surface area (Å²) in [6, 6.07) is 5.69. The van der Waals surface area contributed by atoms with Gasteiger partial charge < -0.3 is 14.4 Å². The second-order valence-electron chi connectivity index (χ2n) is 6.09. The fourth-order valence-electron chi connectivity index (χ4n) is 2.89. The first-order valence-corrected chi connectivity index (χ1v) is 8.68. The highest BCUT2D eigenvalue weighted by Gasteiger charge is 2.28. The van der Waals surface area contributed by atoms with Crippen LogP contribution in [-0.2, 0) is 4.79 Å². The van der Waals surface area contributed by atoms with Crippen molar-refractivity contribution in [1.82, 2.24) is 4.90 Å². The second-order valence-corrected chi connectivity index (χ2v) is 7.10. The zero-order valence-corrected chi connectivity index (χ0v) is 13.8. The SMILES string of the molecule is CC1CCN(C2=NC(=O)C(=Cc3ccc4c(c3)OCO4)S2)CC1. The van der Waals surface area contributed by atoms with Crippen LogP contribution in [0.15, 0.2) is 28.1 Å². The lowest BCUT2D eigenvalue weighted by Crippen LogP contribution is -2.35. The molecule has 1 aromatic carbocycles. The van der Waals surface area contributed by atoms with Crippen molar-refractivity contribution < 1.29 is 14.3 Å². The van der Waals surface area contributed by atoms with E-state index >= 15 is 0 Å². The molecule has 0 saturated carbocycles. The van der Waals surface area contributed by atoms with E-state index in [1.165, 1.54) is 11.8 Å². The maximum atomic E-state index is 12.2. The minimum Gasteiger partial charge on any atom is -0.454 e. The average Bonchev–Trinajstić information content (AvgIpc) is 3.15. The zero-order chi connectivity index (χ0) is 15.8. The second kappa shape index (κ2) is 5.92. The number of aliphatic imine (C=N–C) groups is 1. The Morgan fingerprint density at radius 1 is 1.26 bits per heavy atom. The largest absolute Gasteiger partial charge is 0.454 e. The molecular formula is C17H18N2O3S. The van der Waals surface area contributed by atoms with Gasteiger partial charge in [0.15, 0.2) is 16.7 Å². The minimum absolute atomic E-state index is 0.152. The van der Waals surface area contributed by atoms with Gasteiger partial charge >= 0.3 is 0 Å². The maximum Gasteiger partial charge on any atom is 0.286 e. The Bertz CT molecular complexity index is 706. The Labute approximate surface area is 139 Å². The molecule has 23 heavy (non-hydrogen) atoms. The van der Waals surface area contributed by atoms with Crippen LogP contribution >= 0.6 is 11.8 Å². The molecule has 3 heterocycles. The van der Waals surface area contributed by atoms with Gasteiger partial charge in [-0.3, -0.25) is 4.79 Å². The minimum atomic E-state index is -0.152. The summed E-state index contributed by atoms with van der Waals surface area (Å²) in [5.74, 6) is 2.08. The van der Waals surface area contributed by atoms with Crippen LogP contribution in [-0.4, -0.2) is 35.9 Å². The third-order valence-corrected chi connectivity index (χ3v) is 5.40. The van der Waals surface area contributed by atoms with Gasteiger partial charge in [0.25, 0.3) is 5.91 Å².